The van der Waals surface area contributed by atoms with E-state index in [2.05, 4.69) is 42.1 Å². The lowest BCUT2D eigenvalue weighted by molar-refractivity contribution is 0.299. The Morgan fingerprint density at radius 3 is 2.65 bits per heavy atom. The van der Waals surface area contributed by atoms with E-state index in [1.165, 1.54) is 44.5 Å². The van der Waals surface area contributed by atoms with Gasteiger partial charge in [0.05, 0.1) is 0 Å². The van der Waals surface area contributed by atoms with E-state index in [-0.39, 0.29) is 0 Å². The van der Waals surface area contributed by atoms with Crippen LogP contribution in [0.15, 0.2) is 18.2 Å². The molecule has 0 spiro atoms. The number of anilines is 1. The molecular weight excluding hydrogens is 208 g/mol. The first-order chi connectivity index (χ1) is 8.25. The summed E-state index contributed by atoms with van der Waals surface area (Å²) in [6, 6.07) is 7.75. The maximum absolute atomic E-state index is 2.53. The summed E-state index contributed by atoms with van der Waals surface area (Å²) in [7, 11) is 4.39. The van der Waals surface area contributed by atoms with Crippen molar-refractivity contribution < 1.29 is 0 Å². The van der Waals surface area contributed by atoms with Crippen molar-refractivity contribution in [3.63, 3.8) is 0 Å². The molecule has 2 heteroatoms. The zero-order chi connectivity index (χ0) is 11.8. The van der Waals surface area contributed by atoms with E-state index in [0.717, 1.165) is 0 Å². The predicted octanol–water partition coefficient (Wildman–Crippen LogP) is 2.84. The monoisotopic (exact) mass is 230 g/mol. The number of hydrogen-bond acceptors (Lipinski definition) is 2. The van der Waals surface area contributed by atoms with Gasteiger partial charge in [-0.15, -0.1) is 0 Å². The van der Waals surface area contributed by atoms with Crippen molar-refractivity contribution in [2.75, 3.05) is 32.1 Å². The van der Waals surface area contributed by atoms with Gasteiger partial charge in [-0.2, -0.15) is 0 Å². The van der Waals surface area contributed by atoms with Crippen molar-refractivity contribution in [3.05, 3.63) is 29.3 Å². The molecule has 0 radical (unpaired) electrons. The highest BCUT2D eigenvalue weighted by atomic mass is 15.1. The molecule has 92 valence electrons. The van der Waals surface area contributed by atoms with Crippen molar-refractivity contribution in [3.8, 4) is 0 Å². The molecule has 0 aromatic heterocycles. The molecule has 1 aromatic rings. The first kappa shape index (κ1) is 11.1. The van der Waals surface area contributed by atoms with Gasteiger partial charge in [-0.25, -0.2) is 0 Å². The number of rotatable bonds is 2. The van der Waals surface area contributed by atoms with Gasteiger partial charge in [-0.3, -0.25) is 0 Å². The molecule has 2 aliphatic rings. The summed E-state index contributed by atoms with van der Waals surface area (Å²) in [5.74, 6) is 0. The number of nitrogens with zero attached hydrogens (tertiary/aromatic N) is 2. The average Bonchev–Trinajstić information content (AvgIpc) is 2.97. The zero-order valence-electron chi connectivity index (χ0n) is 10.9. The Bertz CT molecular complexity index is 405. The lowest BCUT2D eigenvalue weighted by atomic mass is 10.1. The topological polar surface area (TPSA) is 6.48 Å². The minimum atomic E-state index is 0.632. The van der Waals surface area contributed by atoms with E-state index in [1.54, 1.807) is 11.1 Å². The smallest absolute Gasteiger partial charge is 0.0369 e. The van der Waals surface area contributed by atoms with Crippen LogP contribution in [0.3, 0.4) is 0 Å². The molecule has 0 bridgehead atoms. The van der Waals surface area contributed by atoms with Crippen LogP contribution >= 0.6 is 0 Å². The minimum absolute atomic E-state index is 0.632. The summed E-state index contributed by atoms with van der Waals surface area (Å²) >= 11 is 0. The van der Waals surface area contributed by atoms with Crippen molar-refractivity contribution in [2.24, 2.45) is 0 Å². The molecule has 1 atom stereocenters. The summed E-state index contributed by atoms with van der Waals surface area (Å²) in [4.78, 5) is 4.89. The van der Waals surface area contributed by atoms with E-state index in [4.69, 9.17) is 0 Å². The van der Waals surface area contributed by atoms with Gasteiger partial charge in [-0.05, 0) is 63.0 Å². The van der Waals surface area contributed by atoms with Gasteiger partial charge in [0.1, 0.15) is 0 Å². The lowest BCUT2D eigenvalue weighted by Gasteiger charge is -2.23. The Labute approximate surface area is 104 Å². The van der Waals surface area contributed by atoms with Gasteiger partial charge in [-0.1, -0.05) is 6.07 Å². The number of benzene rings is 1. The summed E-state index contributed by atoms with van der Waals surface area (Å²) in [5, 5.41) is 0. The van der Waals surface area contributed by atoms with E-state index in [9.17, 15) is 0 Å². The number of aryl methyl sites for hydroxylation is 1. The molecule has 0 amide bonds. The molecule has 1 fully saturated rings. The van der Waals surface area contributed by atoms with Gasteiger partial charge < -0.3 is 9.80 Å². The van der Waals surface area contributed by atoms with Crippen LogP contribution in [0.4, 0.5) is 5.69 Å². The van der Waals surface area contributed by atoms with Crippen molar-refractivity contribution >= 4 is 5.69 Å². The van der Waals surface area contributed by atoms with Crippen LogP contribution in [0.25, 0.3) is 0 Å². The second kappa shape index (κ2) is 4.34. The van der Waals surface area contributed by atoms with Gasteiger partial charge in [0.15, 0.2) is 0 Å². The second-order valence-corrected chi connectivity index (χ2v) is 5.60. The number of hydrogen-bond donors (Lipinski definition) is 0. The van der Waals surface area contributed by atoms with Gasteiger partial charge in [0, 0.05) is 24.8 Å². The van der Waals surface area contributed by atoms with Crippen LogP contribution in [0.1, 0.15) is 36.4 Å². The van der Waals surface area contributed by atoms with Crippen LogP contribution in [0.5, 0.6) is 0 Å². The highest BCUT2D eigenvalue weighted by Crippen LogP contribution is 2.37. The fraction of sp³-hybridized carbons (Fsp3) is 0.600. The fourth-order valence-electron chi connectivity index (χ4n) is 3.28. The Morgan fingerprint density at radius 1 is 1.18 bits per heavy atom. The molecule has 3 rings (SSSR count). The van der Waals surface area contributed by atoms with Crippen molar-refractivity contribution in [2.45, 2.75) is 31.7 Å². The number of fused-ring (bicyclic) bond motifs is 1. The highest BCUT2D eigenvalue weighted by molar-refractivity contribution is 5.53. The summed E-state index contributed by atoms with van der Waals surface area (Å²) in [6.07, 6.45) is 5.24. The van der Waals surface area contributed by atoms with Crippen LogP contribution < -0.4 is 4.90 Å². The fourth-order valence-corrected chi connectivity index (χ4v) is 3.28. The normalized spacial score (nSPS) is 23.5. The SMILES string of the molecule is CN(C)C1CCc2ccc(N3CCCC3)cc21. The third-order valence-corrected chi connectivity index (χ3v) is 4.27. The molecule has 0 saturated carbocycles. The lowest BCUT2D eigenvalue weighted by Crippen LogP contribution is -2.20. The first-order valence-electron chi connectivity index (χ1n) is 6.80. The molecule has 1 saturated heterocycles. The highest BCUT2D eigenvalue weighted by Gasteiger charge is 2.25. The predicted molar refractivity (Wildman–Crippen MR) is 72.6 cm³/mol. The molecule has 1 heterocycles. The van der Waals surface area contributed by atoms with E-state index in [1.807, 2.05) is 0 Å². The van der Waals surface area contributed by atoms with Crippen molar-refractivity contribution in [1.82, 2.24) is 4.90 Å². The molecule has 2 nitrogen and oxygen atoms in total. The van der Waals surface area contributed by atoms with E-state index in [0.29, 0.717) is 6.04 Å². The minimum Gasteiger partial charge on any atom is -0.372 e. The second-order valence-electron chi connectivity index (χ2n) is 5.60. The Morgan fingerprint density at radius 2 is 1.94 bits per heavy atom. The van der Waals surface area contributed by atoms with E-state index >= 15 is 0 Å². The van der Waals surface area contributed by atoms with Gasteiger partial charge in [0.2, 0.25) is 0 Å². The first-order valence-corrected chi connectivity index (χ1v) is 6.80. The van der Waals surface area contributed by atoms with Gasteiger partial charge in [0.25, 0.3) is 0 Å². The third kappa shape index (κ3) is 1.95. The Balaban J connectivity index is 1.92. The van der Waals surface area contributed by atoms with Crippen LogP contribution in [-0.2, 0) is 6.42 Å². The maximum Gasteiger partial charge on any atom is 0.0369 e. The zero-order valence-corrected chi connectivity index (χ0v) is 10.9. The van der Waals surface area contributed by atoms with Gasteiger partial charge >= 0.3 is 0 Å². The molecule has 1 aromatic carbocycles. The quantitative estimate of drug-likeness (QED) is 0.771. The summed E-state index contributed by atoms with van der Waals surface area (Å²) < 4.78 is 0. The summed E-state index contributed by atoms with van der Waals surface area (Å²) in [6.45, 7) is 2.48. The Kier molecular flexibility index (Phi) is 2.83. The molecular formula is C15H22N2. The average molecular weight is 230 g/mol. The van der Waals surface area contributed by atoms with Crippen LogP contribution in [0.2, 0.25) is 0 Å². The molecule has 1 unspecified atom stereocenters. The third-order valence-electron chi connectivity index (χ3n) is 4.27. The van der Waals surface area contributed by atoms with Crippen molar-refractivity contribution in [1.29, 1.82) is 0 Å². The summed E-state index contributed by atoms with van der Waals surface area (Å²) in [5.41, 5.74) is 4.57. The Hall–Kier alpha value is -1.02. The standard InChI is InChI=1S/C15H22N2/c1-16(2)15-8-6-12-5-7-13(11-14(12)15)17-9-3-4-10-17/h5,7,11,15H,3-4,6,8-10H2,1-2H3. The maximum atomic E-state index is 2.53. The molecule has 1 aliphatic heterocycles. The van der Waals surface area contributed by atoms with Crippen LogP contribution in [-0.4, -0.2) is 32.1 Å². The molecule has 1 aliphatic carbocycles. The van der Waals surface area contributed by atoms with E-state index < -0.39 is 0 Å². The largest absolute Gasteiger partial charge is 0.372 e. The molecule has 17 heavy (non-hydrogen) atoms. The van der Waals surface area contributed by atoms with Crippen LogP contribution in [0, 0.1) is 0 Å². The molecule has 0 N–H and O–H groups in total.